The first-order valence-corrected chi connectivity index (χ1v) is 12.8. The lowest BCUT2D eigenvalue weighted by Crippen LogP contribution is -2.54. The van der Waals surface area contributed by atoms with Crippen molar-refractivity contribution in [3.05, 3.63) is 35.6 Å². The number of rotatable bonds is 4. The Kier molecular flexibility index (Phi) is 5.56. The van der Waals surface area contributed by atoms with E-state index in [-0.39, 0.29) is 11.9 Å². The van der Waals surface area contributed by atoms with Gasteiger partial charge in [0.05, 0.1) is 6.10 Å². The van der Waals surface area contributed by atoms with Crippen LogP contribution < -0.4 is 0 Å². The maximum Gasteiger partial charge on any atom is 0.123 e. The highest BCUT2D eigenvalue weighted by Gasteiger charge is 2.60. The number of aryl methyl sites for hydroxylation is 1. The molecule has 1 aromatic rings. The van der Waals surface area contributed by atoms with E-state index in [1.54, 1.807) is 0 Å². The van der Waals surface area contributed by atoms with Gasteiger partial charge in [0.1, 0.15) is 5.82 Å². The molecule has 4 fully saturated rings. The Bertz CT molecular complexity index is 821. The normalized spacial score (nSPS) is 44.3. The monoisotopic (exact) mass is 425 g/mol. The summed E-state index contributed by atoms with van der Waals surface area (Å²) in [7, 11) is 0. The van der Waals surface area contributed by atoms with Crippen LogP contribution in [-0.2, 0) is 6.42 Å². The van der Waals surface area contributed by atoms with Crippen molar-refractivity contribution in [2.45, 2.75) is 90.6 Å². The Hall–Kier alpha value is -1.22. The summed E-state index contributed by atoms with van der Waals surface area (Å²) in [5, 5.41) is 19.2. The molecule has 0 radical (unpaired) electrons. The zero-order chi connectivity index (χ0) is 21.8. The predicted molar refractivity (Wildman–Crippen MR) is 124 cm³/mol. The van der Waals surface area contributed by atoms with Gasteiger partial charge >= 0.3 is 0 Å². The summed E-state index contributed by atoms with van der Waals surface area (Å²) in [5.74, 6) is 3.38. The van der Waals surface area contributed by atoms with Crippen molar-refractivity contribution in [3.8, 4) is 0 Å². The summed E-state index contributed by atoms with van der Waals surface area (Å²) in [5.41, 5.74) is 2.80. The Morgan fingerprint density at radius 2 is 1.68 bits per heavy atom. The molecule has 31 heavy (non-hydrogen) atoms. The van der Waals surface area contributed by atoms with E-state index in [9.17, 15) is 9.50 Å². The number of benzene rings is 1. The van der Waals surface area contributed by atoms with Gasteiger partial charge in [-0.05, 0) is 123 Å². The topological polar surface area (TPSA) is 44.1 Å². The Morgan fingerprint density at radius 3 is 2.45 bits per heavy atom. The second-order valence-electron chi connectivity index (χ2n) is 11.9. The van der Waals surface area contributed by atoms with Crippen LogP contribution in [-0.4, -0.2) is 16.9 Å². The number of hydrogen-bond donors (Lipinski definition) is 2. The molecule has 0 spiro atoms. The molecule has 0 heterocycles. The third-order valence-electron chi connectivity index (χ3n) is 10.7. The van der Waals surface area contributed by atoms with Gasteiger partial charge in [-0.1, -0.05) is 26.0 Å². The largest absolute Gasteiger partial charge is 0.393 e. The van der Waals surface area contributed by atoms with Crippen LogP contribution in [0.2, 0.25) is 0 Å². The van der Waals surface area contributed by atoms with Gasteiger partial charge in [-0.25, -0.2) is 4.39 Å². The first-order chi connectivity index (χ1) is 14.8. The van der Waals surface area contributed by atoms with Crippen LogP contribution in [0.4, 0.5) is 4.39 Å². The molecule has 0 amide bonds. The molecule has 4 aliphatic rings. The standard InChI is InChI=1S/C28H40FNO/c1-27-15-13-21(31)17-19(27)6-9-22-23-10-11-25(28(23,2)16-14-24(22)27)26(30)12-5-18-3-7-20(29)8-4-18/h3-4,7-8,19,21-25,30-31H,5-6,9-17H2,1-2H3/t19-,21-,22-,23-,24-,25+,27-,28-/m0/s1. The maximum absolute atomic E-state index is 13.2. The van der Waals surface area contributed by atoms with Crippen LogP contribution in [0.5, 0.6) is 0 Å². The lowest BCUT2D eigenvalue weighted by Gasteiger charge is -2.61. The van der Waals surface area contributed by atoms with E-state index < -0.39 is 0 Å². The van der Waals surface area contributed by atoms with Crippen LogP contribution in [0.3, 0.4) is 0 Å². The van der Waals surface area contributed by atoms with Crippen molar-refractivity contribution >= 4 is 5.71 Å². The summed E-state index contributed by atoms with van der Waals surface area (Å²) >= 11 is 0. The van der Waals surface area contributed by atoms with E-state index in [4.69, 9.17) is 5.41 Å². The lowest BCUT2D eigenvalue weighted by molar-refractivity contribution is -0.123. The van der Waals surface area contributed by atoms with E-state index in [0.717, 1.165) is 54.7 Å². The van der Waals surface area contributed by atoms with Crippen molar-refractivity contribution in [2.75, 3.05) is 0 Å². The highest BCUT2D eigenvalue weighted by atomic mass is 19.1. The second kappa shape index (κ2) is 7.97. The number of halogens is 1. The van der Waals surface area contributed by atoms with E-state index in [2.05, 4.69) is 13.8 Å². The fourth-order valence-electron chi connectivity index (χ4n) is 8.91. The summed E-state index contributed by atoms with van der Waals surface area (Å²) in [6.45, 7) is 5.07. The van der Waals surface area contributed by atoms with E-state index in [1.165, 1.54) is 57.1 Å². The van der Waals surface area contributed by atoms with Gasteiger partial charge in [0.25, 0.3) is 0 Å². The van der Waals surface area contributed by atoms with Crippen LogP contribution in [0, 0.1) is 51.6 Å². The lowest BCUT2D eigenvalue weighted by atomic mass is 9.44. The Balaban J connectivity index is 1.28. The molecule has 3 heteroatoms. The van der Waals surface area contributed by atoms with Crippen LogP contribution >= 0.6 is 0 Å². The van der Waals surface area contributed by atoms with Crippen molar-refractivity contribution < 1.29 is 9.50 Å². The Morgan fingerprint density at radius 1 is 0.968 bits per heavy atom. The first-order valence-electron chi connectivity index (χ1n) is 12.8. The second-order valence-corrected chi connectivity index (χ2v) is 11.9. The molecule has 0 bridgehead atoms. The molecule has 170 valence electrons. The third kappa shape index (κ3) is 3.59. The van der Waals surface area contributed by atoms with Crippen LogP contribution in [0.15, 0.2) is 24.3 Å². The fraction of sp³-hybridized carbons (Fsp3) is 0.750. The van der Waals surface area contributed by atoms with Crippen LogP contribution in [0.25, 0.3) is 0 Å². The highest BCUT2D eigenvalue weighted by Crippen LogP contribution is 2.67. The number of aliphatic hydroxyl groups excluding tert-OH is 1. The summed E-state index contributed by atoms with van der Waals surface area (Å²) < 4.78 is 13.2. The van der Waals surface area contributed by atoms with Gasteiger partial charge in [0.15, 0.2) is 0 Å². The quantitative estimate of drug-likeness (QED) is 0.512. The molecular weight excluding hydrogens is 385 g/mol. The number of hydrogen-bond acceptors (Lipinski definition) is 2. The van der Waals surface area contributed by atoms with E-state index in [0.29, 0.717) is 22.7 Å². The zero-order valence-corrected chi connectivity index (χ0v) is 19.4. The zero-order valence-electron chi connectivity index (χ0n) is 19.4. The molecule has 2 nitrogen and oxygen atoms in total. The number of nitrogens with one attached hydrogen (secondary N) is 1. The SMILES string of the molecule is C[C@]12CC[C@H](O)C[C@@H]1CC[C@@H]1[C@@H]2CC[C@]2(C)[C@@H](C(=N)CCc3ccc(F)cc3)CC[C@@H]12. The number of aliphatic hydroxyl groups is 1. The maximum atomic E-state index is 13.2. The first kappa shape index (κ1) is 21.6. The van der Waals surface area contributed by atoms with Crippen molar-refractivity contribution in [2.24, 2.45) is 40.4 Å². The van der Waals surface area contributed by atoms with Gasteiger partial charge in [0, 0.05) is 11.6 Å². The van der Waals surface area contributed by atoms with Crippen LogP contribution in [0.1, 0.15) is 83.6 Å². The van der Waals surface area contributed by atoms with Gasteiger partial charge in [0.2, 0.25) is 0 Å². The van der Waals surface area contributed by atoms with E-state index in [1.807, 2.05) is 12.1 Å². The van der Waals surface area contributed by atoms with Crippen molar-refractivity contribution in [1.29, 1.82) is 5.41 Å². The fourth-order valence-corrected chi connectivity index (χ4v) is 8.91. The van der Waals surface area contributed by atoms with E-state index >= 15 is 0 Å². The summed E-state index contributed by atoms with van der Waals surface area (Å²) in [6.07, 6.45) is 12.5. The minimum Gasteiger partial charge on any atom is -0.393 e. The van der Waals surface area contributed by atoms with Gasteiger partial charge < -0.3 is 10.5 Å². The molecule has 0 saturated heterocycles. The summed E-state index contributed by atoms with van der Waals surface area (Å²) in [4.78, 5) is 0. The van der Waals surface area contributed by atoms with Gasteiger partial charge in [-0.2, -0.15) is 0 Å². The molecule has 2 N–H and O–H groups in total. The molecule has 8 atom stereocenters. The molecule has 1 aromatic carbocycles. The average molecular weight is 426 g/mol. The highest BCUT2D eigenvalue weighted by molar-refractivity contribution is 5.85. The molecule has 4 aliphatic carbocycles. The molecule has 0 aliphatic heterocycles. The van der Waals surface area contributed by atoms with Gasteiger partial charge in [-0.3, -0.25) is 0 Å². The Labute approximate surface area is 187 Å². The smallest absolute Gasteiger partial charge is 0.123 e. The minimum absolute atomic E-state index is 0.0686. The molecule has 0 aromatic heterocycles. The molecular formula is C28H40FNO. The summed E-state index contributed by atoms with van der Waals surface area (Å²) in [6, 6.07) is 6.81. The molecule has 0 unspecified atom stereocenters. The molecule has 5 rings (SSSR count). The predicted octanol–water partition coefficient (Wildman–Crippen LogP) is 6.80. The van der Waals surface area contributed by atoms with Crippen molar-refractivity contribution in [3.63, 3.8) is 0 Å². The third-order valence-corrected chi connectivity index (χ3v) is 10.7. The van der Waals surface area contributed by atoms with Crippen molar-refractivity contribution in [1.82, 2.24) is 0 Å². The number of fused-ring (bicyclic) bond motifs is 5. The average Bonchev–Trinajstić information content (AvgIpc) is 3.11. The molecule has 4 saturated carbocycles. The van der Waals surface area contributed by atoms with Gasteiger partial charge in [-0.15, -0.1) is 0 Å². The minimum atomic E-state index is -0.183.